The van der Waals surface area contributed by atoms with Crippen molar-refractivity contribution < 1.29 is 183 Å². The molecule has 7 aliphatic rings. The predicted molar refractivity (Wildman–Crippen MR) is 290 cm³/mol. The molecular formula is C53H89N3O37. The number of aliphatic hydroxyl groups is 19. The number of hydrogen-bond acceptors (Lipinski definition) is 37. The van der Waals surface area contributed by atoms with E-state index in [-0.39, 0.29) is 6.47 Å². The van der Waals surface area contributed by atoms with Gasteiger partial charge in [-0.15, -0.1) is 0 Å². The zero-order valence-electron chi connectivity index (χ0n) is 50.8. The minimum Gasteiger partial charge on any atom is -0.410 e. The van der Waals surface area contributed by atoms with E-state index in [2.05, 4.69) is 16.0 Å². The molecule has 36 atom stereocenters. The topological polar surface area (TPSA) is 618 Å². The molecule has 0 spiro atoms. The molecule has 7 aliphatic heterocycles. The lowest BCUT2D eigenvalue weighted by atomic mass is 9.87. The minimum atomic E-state index is -2.80. The van der Waals surface area contributed by atoms with Gasteiger partial charge < -0.3 is 179 Å². The summed E-state index contributed by atoms with van der Waals surface area (Å²) in [5, 5.41) is 216. The van der Waals surface area contributed by atoms with Gasteiger partial charge in [-0.3, -0.25) is 19.2 Å². The van der Waals surface area contributed by atoms with Crippen molar-refractivity contribution in [3.8, 4) is 0 Å². The molecule has 7 heterocycles. The van der Waals surface area contributed by atoms with E-state index >= 15 is 0 Å². The van der Waals surface area contributed by atoms with Gasteiger partial charge in [0.15, 0.2) is 31.5 Å². The third kappa shape index (κ3) is 17.2. The van der Waals surface area contributed by atoms with Crippen LogP contribution in [-0.4, -0.2) is 382 Å². The van der Waals surface area contributed by atoms with Crippen LogP contribution in [0.25, 0.3) is 0 Å². The monoisotopic (exact) mass is 1360 g/mol. The molecule has 7 fully saturated rings. The molecule has 538 valence electrons. The van der Waals surface area contributed by atoms with Crippen LogP contribution in [0.15, 0.2) is 0 Å². The van der Waals surface area contributed by atoms with E-state index in [1.807, 2.05) is 0 Å². The molecule has 15 unspecified atom stereocenters. The summed E-state index contributed by atoms with van der Waals surface area (Å²) >= 11 is 0. The van der Waals surface area contributed by atoms with Crippen LogP contribution < -0.4 is 16.0 Å². The summed E-state index contributed by atoms with van der Waals surface area (Å²) in [6.45, 7) is -1.07. The smallest absolute Gasteiger partial charge is 0.332 e. The Morgan fingerprint density at radius 1 is 0.484 bits per heavy atom. The van der Waals surface area contributed by atoms with Crippen molar-refractivity contribution in [1.82, 2.24) is 16.0 Å². The van der Waals surface area contributed by atoms with Crippen LogP contribution in [0, 0.1) is 5.92 Å². The first kappa shape index (κ1) is 77.0. The molecule has 0 aliphatic carbocycles. The van der Waals surface area contributed by atoms with Crippen molar-refractivity contribution in [2.45, 2.75) is 255 Å². The lowest BCUT2D eigenvalue weighted by molar-refractivity contribution is -0.448. The van der Waals surface area contributed by atoms with Crippen molar-refractivity contribution in [3.63, 3.8) is 0 Å². The van der Waals surface area contributed by atoms with Crippen molar-refractivity contribution in [3.05, 3.63) is 0 Å². The van der Waals surface area contributed by atoms with Gasteiger partial charge in [-0.2, -0.15) is 0 Å². The molecule has 40 heteroatoms. The number of hydrogen-bond donors (Lipinski definition) is 22. The largest absolute Gasteiger partial charge is 0.410 e. The van der Waals surface area contributed by atoms with Gasteiger partial charge in [-0.25, -0.2) is 0 Å². The predicted octanol–water partition coefficient (Wildman–Crippen LogP) is -14.2. The number of carbonyl (C=O) groups is 4. The number of rotatable bonds is 26. The normalized spacial score (nSPS) is 47.2. The zero-order chi connectivity index (χ0) is 68.8. The second-order valence-electron chi connectivity index (χ2n) is 23.8. The molecule has 93 heavy (non-hydrogen) atoms. The first-order chi connectivity index (χ1) is 43.9. The molecular weight excluding hydrogens is 1270 g/mol. The lowest BCUT2D eigenvalue weighted by Gasteiger charge is -2.51. The number of carbonyl (C=O) groups excluding carboxylic acids is 4. The standard InChI is InChI=1S/C53H89N3O37/c1-15-20(67)6-53(81-14-63,92-42(15)31(69)21(68)7-57)93-46-34(72)23(9-59)83-51(41(46)79)90-45-26(12-62)86-49(30(37(45)75)56-19(5)66)91-47-39(77)32(70)22(8-58)84-52(47)80-13-27-33(71)38(76)40(78)50(87-27)89-44-25(11-61)85-48(29(36(44)74)55-18(4)65)88-43-24(10-60)82-16(2)28(35(43)73)54-17(3)64/h14-16,20-52,57-62,67-79H,6-13H2,1-5H3,(H,54,64)(H,55,65)(H,56,66)/t15-,16+,20-,21?,22?,23?,24?,25?,26+,27?,28?,29?,30?,31?,32-,33-,34+,35-,36-,37?,38+,39+,40?,41?,42?,43-,44-,45-,46+,47?,48+,49+,50+,51+,52+,53+/m1/s1. The van der Waals surface area contributed by atoms with Crippen molar-refractivity contribution in [2.75, 3.05) is 46.2 Å². The van der Waals surface area contributed by atoms with Crippen LogP contribution in [0.2, 0.25) is 0 Å². The first-order valence-corrected chi connectivity index (χ1v) is 29.9. The maximum absolute atomic E-state index is 12.8. The molecule has 0 aromatic heterocycles. The fraction of sp³-hybridized carbons (Fsp3) is 0.925. The Labute approximate surface area is 529 Å². The van der Waals surface area contributed by atoms with Gasteiger partial charge in [0, 0.05) is 26.7 Å². The summed E-state index contributed by atoms with van der Waals surface area (Å²) in [5.41, 5.74) is 0. The van der Waals surface area contributed by atoms with E-state index < -0.39 is 291 Å². The molecule has 0 bridgehead atoms. The highest BCUT2D eigenvalue weighted by atomic mass is 16.9. The second kappa shape index (κ2) is 33.4. The Morgan fingerprint density at radius 3 is 1.40 bits per heavy atom. The first-order valence-electron chi connectivity index (χ1n) is 29.9. The van der Waals surface area contributed by atoms with Crippen LogP contribution in [0.4, 0.5) is 0 Å². The summed E-state index contributed by atoms with van der Waals surface area (Å²) in [6.07, 6.45) is -59.2. The van der Waals surface area contributed by atoms with E-state index in [1.165, 1.54) is 20.8 Å². The van der Waals surface area contributed by atoms with E-state index in [4.69, 9.17) is 66.3 Å². The second-order valence-corrected chi connectivity index (χ2v) is 23.8. The van der Waals surface area contributed by atoms with Crippen LogP contribution in [0.1, 0.15) is 41.0 Å². The van der Waals surface area contributed by atoms with Gasteiger partial charge in [-0.1, -0.05) is 6.92 Å². The van der Waals surface area contributed by atoms with Crippen LogP contribution in [-0.2, 0) is 85.5 Å². The Balaban J connectivity index is 1.08. The molecule has 7 rings (SSSR count). The summed E-state index contributed by atoms with van der Waals surface area (Å²) in [7, 11) is 0. The molecule has 0 saturated carbocycles. The summed E-state index contributed by atoms with van der Waals surface area (Å²) in [5.74, 6) is -6.11. The van der Waals surface area contributed by atoms with Gasteiger partial charge in [0.2, 0.25) is 17.7 Å². The number of nitrogens with one attached hydrogen (secondary N) is 3. The number of ether oxygens (including phenoxy) is 14. The molecule has 0 aromatic rings. The molecule has 7 saturated heterocycles. The van der Waals surface area contributed by atoms with Gasteiger partial charge >= 0.3 is 5.97 Å². The van der Waals surface area contributed by atoms with E-state index in [0.717, 1.165) is 13.8 Å². The Bertz CT molecular complexity index is 2380. The highest BCUT2D eigenvalue weighted by Gasteiger charge is 2.60. The van der Waals surface area contributed by atoms with Crippen molar-refractivity contribution >= 4 is 24.2 Å². The van der Waals surface area contributed by atoms with Gasteiger partial charge in [0.05, 0.1) is 77.0 Å². The highest BCUT2D eigenvalue weighted by molar-refractivity contribution is 5.74. The average Bonchev–Trinajstić information content (AvgIpc) is 0.775. The van der Waals surface area contributed by atoms with E-state index in [0.29, 0.717) is 0 Å². The maximum atomic E-state index is 12.8. The summed E-state index contributed by atoms with van der Waals surface area (Å²) in [6, 6.07) is -4.65. The molecule has 22 N–H and O–H groups in total. The van der Waals surface area contributed by atoms with Crippen LogP contribution in [0.5, 0.6) is 0 Å². The fourth-order valence-electron chi connectivity index (χ4n) is 12.2. The number of amides is 3. The Hall–Kier alpha value is -3.40. The van der Waals surface area contributed by atoms with Crippen LogP contribution >= 0.6 is 0 Å². The SMILES string of the molecule is CC(=O)NC1C(O)[C@H](O[C@@H]2OC(CO)[C@H](O)[C@H](O[C@]3(OC=O)C[C@@H](O)[C@@H](C)C(C(O)C(O)CO)O3)C2O)[C@H](CO)O[C@H]1OC1[C@@H](OCC2O[C@@H](O[C@@H]3C(CO)O[C@@H](O[C@@H]4C(CO)O[C@@H](C)C(NC(C)=O)[C@H]4O)C(NC(C)=O)[C@H]3O)C(O)[C@@H](O)[C@@H]2O)OC(CO)[C@@H](O)[C@@H]1O. The molecule has 0 aromatic carbocycles. The average molecular weight is 1360 g/mol. The Kier molecular flexibility index (Phi) is 27.7. The summed E-state index contributed by atoms with van der Waals surface area (Å²) in [4.78, 5) is 49.3. The van der Waals surface area contributed by atoms with Gasteiger partial charge in [-0.05, 0) is 6.92 Å². The zero-order valence-corrected chi connectivity index (χ0v) is 50.8. The van der Waals surface area contributed by atoms with Crippen molar-refractivity contribution in [2.24, 2.45) is 5.92 Å². The Morgan fingerprint density at radius 2 is 0.903 bits per heavy atom. The number of aliphatic hydroxyl groups excluding tert-OH is 19. The van der Waals surface area contributed by atoms with Gasteiger partial charge in [0.25, 0.3) is 6.47 Å². The minimum absolute atomic E-state index is 0.215. The van der Waals surface area contributed by atoms with Crippen molar-refractivity contribution in [1.29, 1.82) is 0 Å². The third-order valence-electron chi connectivity index (χ3n) is 17.2. The molecule has 40 nitrogen and oxygen atoms in total. The summed E-state index contributed by atoms with van der Waals surface area (Å²) < 4.78 is 81.6. The maximum Gasteiger partial charge on any atom is 0.332 e. The lowest BCUT2D eigenvalue weighted by Crippen LogP contribution is -2.70. The van der Waals surface area contributed by atoms with E-state index in [1.54, 1.807) is 0 Å². The van der Waals surface area contributed by atoms with Gasteiger partial charge in [0.1, 0.15) is 152 Å². The van der Waals surface area contributed by atoms with Crippen LogP contribution in [0.3, 0.4) is 0 Å². The highest BCUT2D eigenvalue weighted by Crippen LogP contribution is 2.41. The quantitative estimate of drug-likeness (QED) is 0.0282. The third-order valence-corrected chi connectivity index (χ3v) is 17.2. The fourth-order valence-corrected chi connectivity index (χ4v) is 12.2. The molecule has 0 radical (unpaired) electrons. The molecule has 3 amide bonds. The van der Waals surface area contributed by atoms with E-state index in [9.17, 15) is 116 Å².